The van der Waals surface area contributed by atoms with Gasteiger partial charge >= 0.3 is 17.9 Å². The van der Waals surface area contributed by atoms with Crippen molar-refractivity contribution in [3.05, 3.63) is 12.2 Å². The summed E-state index contributed by atoms with van der Waals surface area (Å²) in [6.07, 6.45) is 36.7. The largest absolute Gasteiger partial charge is 0.477 e. The van der Waals surface area contributed by atoms with Gasteiger partial charge in [0.05, 0.1) is 34.4 Å². The Labute approximate surface area is 320 Å². The molecule has 52 heavy (non-hydrogen) atoms. The lowest BCUT2D eigenvalue weighted by molar-refractivity contribution is -0.887. The number of carbonyl (C=O) groups excluding carboxylic acids is 2. The molecule has 0 amide bonds. The van der Waals surface area contributed by atoms with E-state index in [2.05, 4.69) is 26.0 Å². The van der Waals surface area contributed by atoms with Crippen LogP contribution in [0, 0.1) is 0 Å². The summed E-state index contributed by atoms with van der Waals surface area (Å²) in [6.45, 7) is 4.73. The molecule has 1 N–H and O–H groups in total. The van der Waals surface area contributed by atoms with E-state index in [9.17, 15) is 19.5 Å². The molecule has 8 heteroatoms. The molecule has 306 valence electrons. The van der Waals surface area contributed by atoms with Crippen LogP contribution in [-0.4, -0.2) is 80.6 Å². The fourth-order valence-corrected chi connectivity index (χ4v) is 6.50. The zero-order valence-corrected chi connectivity index (χ0v) is 34.8. The Hall–Kier alpha value is -1.93. The van der Waals surface area contributed by atoms with Crippen molar-refractivity contribution in [3.8, 4) is 0 Å². The number of nitrogens with zero attached hydrogens (tertiary/aromatic N) is 1. The van der Waals surface area contributed by atoms with Crippen LogP contribution in [0.25, 0.3) is 0 Å². The van der Waals surface area contributed by atoms with E-state index in [4.69, 9.17) is 14.2 Å². The van der Waals surface area contributed by atoms with Gasteiger partial charge in [-0.3, -0.25) is 9.59 Å². The standard InChI is InChI=1S/C44H83NO7/c1-6-8-10-12-14-16-18-19-20-21-22-23-25-26-28-30-32-34-42(46)51-39-40(38-50-37-36-41(44(48)49)45(3,4)5)52-43(47)35-33-31-29-27-24-17-15-13-11-9-7-2/h19-20,40-41H,6-18,21-39H2,1-5H3/p+1/b20-19+. The quantitative estimate of drug-likeness (QED) is 0.0290. The minimum Gasteiger partial charge on any atom is -0.477 e. The Kier molecular flexibility index (Phi) is 34.7. The first-order valence-corrected chi connectivity index (χ1v) is 21.7. The maximum absolute atomic E-state index is 12.7. The van der Waals surface area contributed by atoms with Crippen molar-refractivity contribution in [2.24, 2.45) is 0 Å². The van der Waals surface area contributed by atoms with E-state index in [1.54, 1.807) is 0 Å². The maximum Gasteiger partial charge on any atom is 0.362 e. The molecule has 0 aliphatic rings. The SMILES string of the molecule is CCCCCCCC/C=C/CCCCCCCCCC(=O)OCC(COCCC(C(=O)O)[N+](C)(C)C)OC(=O)CCCCCCCCCCCCC. The molecule has 8 nitrogen and oxygen atoms in total. The van der Waals surface area contributed by atoms with Gasteiger partial charge in [0.1, 0.15) is 6.61 Å². The van der Waals surface area contributed by atoms with Crippen LogP contribution in [0.5, 0.6) is 0 Å². The number of ether oxygens (including phenoxy) is 3. The summed E-state index contributed by atoms with van der Waals surface area (Å²) in [5, 5.41) is 9.60. The Bertz CT molecular complexity index is 869. The molecule has 0 saturated heterocycles. The van der Waals surface area contributed by atoms with Gasteiger partial charge in [0.15, 0.2) is 12.1 Å². The topological polar surface area (TPSA) is 99.1 Å². The van der Waals surface area contributed by atoms with Gasteiger partial charge in [-0.2, -0.15) is 0 Å². The number of likely N-dealkylation sites (N-methyl/N-ethyl adjacent to an activating group) is 1. The van der Waals surface area contributed by atoms with Crippen molar-refractivity contribution in [2.45, 2.75) is 212 Å². The molecular weight excluding hydrogens is 654 g/mol. The number of rotatable bonds is 39. The number of carbonyl (C=O) groups is 3. The van der Waals surface area contributed by atoms with E-state index in [1.165, 1.54) is 128 Å². The molecule has 0 aromatic rings. The van der Waals surface area contributed by atoms with Gasteiger partial charge in [0.2, 0.25) is 0 Å². The number of allylic oxidation sites excluding steroid dienone is 2. The molecule has 0 saturated carbocycles. The lowest BCUT2D eigenvalue weighted by Gasteiger charge is -2.31. The van der Waals surface area contributed by atoms with E-state index in [0.717, 1.165) is 38.5 Å². The average molecular weight is 739 g/mol. The maximum atomic E-state index is 12.7. The van der Waals surface area contributed by atoms with Crippen molar-refractivity contribution >= 4 is 17.9 Å². The fraction of sp³-hybridized carbons (Fsp3) is 0.886. The minimum absolute atomic E-state index is 0.0477. The molecule has 0 aromatic heterocycles. The third-order valence-electron chi connectivity index (χ3n) is 9.91. The van der Waals surface area contributed by atoms with E-state index in [-0.39, 0.29) is 36.2 Å². The fourth-order valence-electron chi connectivity index (χ4n) is 6.50. The van der Waals surface area contributed by atoms with E-state index >= 15 is 0 Å². The lowest BCUT2D eigenvalue weighted by Crippen LogP contribution is -2.50. The van der Waals surface area contributed by atoms with Gasteiger partial charge in [-0.15, -0.1) is 0 Å². The minimum atomic E-state index is -0.873. The monoisotopic (exact) mass is 739 g/mol. The highest BCUT2D eigenvalue weighted by atomic mass is 16.6. The highest BCUT2D eigenvalue weighted by Gasteiger charge is 2.31. The van der Waals surface area contributed by atoms with Crippen molar-refractivity contribution in [2.75, 3.05) is 41.0 Å². The summed E-state index contributed by atoms with van der Waals surface area (Å²) in [5.74, 6) is -1.46. The van der Waals surface area contributed by atoms with Crippen LogP contribution in [-0.2, 0) is 28.6 Å². The van der Waals surface area contributed by atoms with Gasteiger partial charge in [-0.05, 0) is 38.5 Å². The van der Waals surface area contributed by atoms with Crippen LogP contribution in [0.15, 0.2) is 12.2 Å². The molecule has 2 unspecified atom stereocenters. The Morgan fingerprint density at radius 3 is 1.38 bits per heavy atom. The zero-order valence-electron chi connectivity index (χ0n) is 34.8. The normalized spacial score (nSPS) is 13.0. The summed E-state index contributed by atoms with van der Waals surface area (Å²) in [7, 11) is 5.53. The molecule has 2 atom stereocenters. The summed E-state index contributed by atoms with van der Waals surface area (Å²) in [6, 6.07) is -0.610. The first-order valence-electron chi connectivity index (χ1n) is 21.7. The third kappa shape index (κ3) is 33.9. The Balaban J connectivity index is 4.30. The van der Waals surface area contributed by atoms with Gasteiger partial charge < -0.3 is 23.8 Å². The van der Waals surface area contributed by atoms with Crippen LogP contribution in [0.2, 0.25) is 0 Å². The van der Waals surface area contributed by atoms with Crippen molar-refractivity contribution < 1.29 is 38.2 Å². The third-order valence-corrected chi connectivity index (χ3v) is 9.91. The second kappa shape index (κ2) is 36.1. The predicted molar refractivity (Wildman–Crippen MR) is 215 cm³/mol. The smallest absolute Gasteiger partial charge is 0.362 e. The molecule has 0 rings (SSSR count). The second-order valence-corrected chi connectivity index (χ2v) is 16.0. The lowest BCUT2D eigenvalue weighted by atomic mass is 10.1. The van der Waals surface area contributed by atoms with Gasteiger partial charge in [0.25, 0.3) is 0 Å². The van der Waals surface area contributed by atoms with Crippen LogP contribution in [0.3, 0.4) is 0 Å². The van der Waals surface area contributed by atoms with Gasteiger partial charge in [-0.1, -0.05) is 154 Å². The van der Waals surface area contributed by atoms with E-state index in [1.807, 2.05) is 21.1 Å². The molecule has 0 aliphatic heterocycles. The number of hydrogen-bond donors (Lipinski definition) is 1. The number of carboxylic acid groups (broad SMARTS) is 1. The van der Waals surface area contributed by atoms with Gasteiger partial charge in [0, 0.05) is 19.3 Å². The first-order chi connectivity index (χ1) is 25.1. The average Bonchev–Trinajstić information content (AvgIpc) is 3.09. The van der Waals surface area contributed by atoms with E-state index in [0.29, 0.717) is 19.3 Å². The summed E-state index contributed by atoms with van der Waals surface area (Å²) in [4.78, 5) is 36.9. The Morgan fingerprint density at radius 1 is 0.558 bits per heavy atom. The van der Waals surface area contributed by atoms with Crippen LogP contribution < -0.4 is 0 Å². The van der Waals surface area contributed by atoms with Crippen LogP contribution >= 0.6 is 0 Å². The molecule has 0 aromatic carbocycles. The molecular formula is C44H84NO7+. The van der Waals surface area contributed by atoms with Crippen LogP contribution in [0.1, 0.15) is 200 Å². The number of unbranched alkanes of at least 4 members (excludes halogenated alkanes) is 23. The summed E-state index contributed by atoms with van der Waals surface area (Å²) >= 11 is 0. The summed E-state index contributed by atoms with van der Waals surface area (Å²) in [5.41, 5.74) is 0. The number of hydrogen-bond acceptors (Lipinski definition) is 6. The summed E-state index contributed by atoms with van der Waals surface area (Å²) < 4.78 is 17.3. The molecule has 0 aliphatic carbocycles. The van der Waals surface area contributed by atoms with Crippen molar-refractivity contribution in [3.63, 3.8) is 0 Å². The number of esters is 2. The van der Waals surface area contributed by atoms with Gasteiger partial charge in [-0.25, -0.2) is 4.79 Å². The van der Waals surface area contributed by atoms with Crippen LogP contribution in [0.4, 0.5) is 0 Å². The second-order valence-electron chi connectivity index (χ2n) is 16.0. The molecule has 0 spiro atoms. The number of aliphatic carboxylic acids is 1. The molecule has 0 fully saturated rings. The van der Waals surface area contributed by atoms with Crippen molar-refractivity contribution in [1.82, 2.24) is 0 Å². The first kappa shape index (κ1) is 50.1. The molecule has 0 heterocycles. The highest BCUT2D eigenvalue weighted by molar-refractivity contribution is 5.72. The highest BCUT2D eigenvalue weighted by Crippen LogP contribution is 2.15. The molecule has 0 bridgehead atoms. The predicted octanol–water partition coefficient (Wildman–Crippen LogP) is 11.5. The Morgan fingerprint density at radius 2 is 0.962 bits per heavy atom. The number of quaternary nitrogens is 1. The van der Waals surface area contributed by atoms with Crippen molar-refractivity contribution in [1.29, 1.82) is 0 Å². The zero-order chi connectivity index (χ0) is 38.5. The number of carboxylic acids is 1. The molecule has 0 radical (unpaired) electrons. The van der Waals surface area contributed by atoms with E-state index < -0.39 is 18.1 Å².